The molecule has 2 heterocycles. The Hall–Kier alpha value is -1.84. The summed E-state index contributed by atoms with van der Waals surface area (Å²) in [5, 5.41) is 8.94. The molecule has 2 aromatic heterocycles. The zero-order chi connectivity index (χ0) is 10.1. The Bertz CT molecular complexity index is 488. The third-order valence-corrected chi connectivity index (χ3v) is 2.20. The van der Waals surface area contributed by atoms with E-state index >= 15 is 0 Å². The molecule has 0 aliphatic heterocycles. The first kappa shape index (κ1) is 8.74. The zero-order valence-corrected chi connectivity index (χ0v) is 7.77. The second kappa shape index (κ2) is 3.14. The molecule has 0 spiro atoms. The summed E-state index contributed by atoms with van der Waals surface area (Å²) in [7, 11) is 0. The smallest absolute Gasteiger partial charge is 0.372 e. The number of fused-ring (bicyclic) bond motifs is 1. The Kier molecular flexibility index (Phi) is 1.96. The molecule has 0 unspecified atom stereocenters. The van der Waals surface area contributed by atoms with Crippen LogP contribution in [0.5, 0.6) is 0 Å². The van der Waals surface area contributed by atoms with E-state index in [1.807, 2.05) is 19.1 Å². The van der Waals surface area contributed by atoms with E-state index in [1.165, 1.54) is 6.20 Å². The first-order valence-electron chi connectivity index (χ1n) is 4.42. The Morgan fingerprint density at radius 2 is 2.29 bits per heavy atom. The molecule has 2 aromatic rings. The van der Waals surface area contributed by atoms with Crippen molar-refractivity contribution in [1.29, 1.82) is 0 Å². The van der Waals surface area contributed by atoms with Gasteiger partial charge in [0, 0.05) is 17.4 Å². The van der Waals surface area contributed by atoms with Gasteiger partial charge in [-0.05, 0) is 24.6 Å². The minimum Gasteiger partial charge on any atom is -0.475 e. The van der Waals surface area contributed by atoms with Gasteiger partial charge in [-0.1, -0.05) is 6.92 Å². The second-order valence-electron chi connectivity index (χ2n) is 3.01. The summed E-state index contributed by atoms with van der Waals surface area (Å²) in [6.45, 7) is 1.99. The van der Waals surface area contributed by atoms with E-state index in [1.54, 1.807) is 10.5 Å². The molecule has 0 fully saturated rings. The van der Waals surface area contributed by atoms with Crippen molar-refractivity contribution >= 4 is 11.5 Å². The maximum atomic E-state index is 10.9. The fourth-order valence-electron chi connectivity index (χ4n) is 1.55. The maximum Gasteiger partial charge on any atom is 0.372 e. The number of nitrogens with zero attached hydrogens (tertiary/aromatic N) is 2. The van der Waals surface area contributed by atoms with Crippen molar-refractivity contribution in [2.24, 2.45) is 0 Å². The van der Waals surface area contributed by atoms with Crippen LogP contribution < -0.4 is 0 Å². The summed E-state index contributed by atoms with van der Waals surface area (Å²) in [4.78, 5) is 14.7. The van der Waals surface area contributed by atoms with E-state index < -0.39 is 5.97 Å². The standard InChI is InChI=1S/C10H10N2O2/c1-2-7-3-4-8-5-6-11-9(10(13)14)12(7)8/h3-6H,2H2,1H3,(H,13,14). The highest BCUT2D eigenvalue weighted by atomic mass is 16.4. The lowest BCUT2D eigenvalue weighted by molar-refractivity contribution is 0.0681. The van der Waals surface area contributed by atoms with E-state index in [0.717, 1.165) is 17.6 Å². The van der Waals surface area contributed by atoms with E-state index in [4.69, 9.17) is 5.11 Å². The van der Waals surface area contributed by atoms with Gasteiger partial charge in [-0.3, -0.25) is 4.40 Å². The van der Waals surface area contributed by atoms with E-state index in [-0.39, 0.29) is 5.82 Å². The molecule has 0 bridgehead atoms. The average molecular weight is 190 g/mol. The van der Waals surface area contributed by atoms with Gasteiger partial charge in [0.05, 0.1) is 0 Å². The van der Waals surface area contributed by atoms with Crippen LogP contribution in [-0.4, -0.2) is 20.5 Å². The van der Waals surface area contributed by atoms with E-state index in [9.17, 15) is 4.79 Å². The lowest BCUT2D eigenvalue weighted by Gasteiger charge is -2.03. The SMILES string of the molecule is CCc1ccc2ccnc(C(=O)O)n12. The van der Waals surface area contributed by atoms with E-state index in [0.29, 0.717) is 0 Å². The van der Waals surface area contributed by atoms with Crippen LogP contribution in [0.25, 0.3) is 5.52 Å². The van der Waals surface area contributed by atoms with Gasteiger partial charge in [-0.2, -0.15) is 0 Å². The zero-order valence-electron chi connectivity index (χ0n) is 7.77. The first-order valence-corrected chi connectivity index (χ1v) is 4.42. The van der Waals surface area contributed by atoms with Gasteiger partial charge in [0.2, 0.25) is 5.82 Å². The molecule has 0 atom stereocenters. The van der Waals surface area contributed by atoms with Crippen LogP contribution in [0.3, 0.4) is 0 Å². The Labute approximate surface area is 80.8 Å². The van der Waals surface area contributed by atoms with Crippen molar-refractivity contribution in [1.82, 2.24) is 9.38 Å². The molecule has 0 radical (unpaired) electrons. The van der Waals surface area contributed by atoms with Crippen molar-refractivity contribution < 1.29 is 9.90 Å². The van der Waals surface area contributed by atoms with Crippen LogP contribution in [0, 0.1) is 0 Å². The molecule has 1 N–H and O–H groups in total. The molecular weight excluding hydrogens is 180 g/mol. The maximum absolute atomic E-state index is 10.9. The van der Waals surface area contributed by atoms with Crippen molar-refractivity contribution in [3.05, 3.63) is 35.9 Å². The number of carboxylic acids is 1. The van der Waals surface area contributed by atoms with Gasteiger partial charge in [0.1, 0.15) is 0 Å². The summed E-state index contributed by atoms with van der Waals surface area (Å²) in [5.41, 5.74) is 1.83. The van der Waals surface area contributed by atoms with Crippen LogP contribution >= 0.6 is 0 Å². The Balaban J connectivity index is 2.81. The third-order valence-electron chi connectivity index (χ3n) is 2.20. The number of rotatable bonds is 2. The number of hydrogen-bond acceptors (Lipinski definition) is 2. The van der Waals surface area contributed by atoms with Gasteiger partial charge >= 0.3 is 5.97 Å². The van der Waals surface area contributed by atoms with Crippen molar-refractivity contribution in [2.75, 3.05) is 0 Å². The summed E-state index contributed by atoms with van der Waals surface area (Å²) >= 11 is 0. The van der Waals surface area contributed by atoms with Gasteiger partial charge in [0.15, 0.2) is 0 Å². The molecular formula is C10H10N2O2. The third kappa shape index (κ3) is 1.16. The summed E-state index contributed by atoms with van der Waals surface area (Å²) < 4.78 is 1.67. The number of hydrogen-bond donors (Lipinski definition) is 1. The van der Waals surface area contributed by atoms with Gasteiger partial charge in [0.25, 0.3) is 0 Å². The van der Waals surface area contributed by atoms with E-state index in [2.05, 4.69) is 4.98 Å². The monoisotopic (exact) mass is 190 g/mol. The molecule has 14 heavy (non-hydrogen) atoms. The molecule has 72 valence electrons. The minimum atomic E-state index is -0.999. The summed E-state index contributed by atoms with van der Waals surface area (Å²) in [5.74, 6) is -0.925. The molecule has 0 aliphatic rings. The summed E-state index contributed by atoms with van der Waals surface area (Å²) in [6, 6.07) is 5.61. The lowest BCUT2D eigenvalue weighted by Crippen LogP contribution is -2.09. The number of aromatic carboxylic acids is 1. The Morgan fingerprint density at radius 3 is 2.93 bits per heavy atom. The predicted octanol–water partition coefficient (Wildman–Crippen LogP) is 1.59. The van der Waals surface area contributed by atoms with Crippen LogP contribution in [0.4, 0.5) is 0 Å². The van der Waals surface area contributed by atoms with Crippen LogP contribution in [-0.2, 0) is 6.42 Å². The van der Waals surface area contributed by atoms with Crippen molar-refractivity contribution in [2.45, 2.75) is 13.3 Å². The Morgan fingerprint density at radius 1 is 1.50 bits per heavy atom. The number of carbonyl (C=O) groups is 1. The average Bonchev–Trinajstić information content (AvgIpc) is 2.59. The fourth-order valence-corrected chi connectivity index (χ4v) is 1.55. The summed E-state index contributed by atoms with van der Waals surface area (Å²) in [6.07, 6.45) is 2.30. The molecule has 0 amide bonds. The molecule has 4 nitrogen and oxygen atoms in total. The number of aromatic nitrogens is 2. The molecule has 0 aromatic carbocycles. The molecule has 2 rings (SSSR count). The first-order chi connectivity index (χ1) is 6.74. The molecule has 4 heteroatoms. The van der Waals surface area contributed by atoms with Crippen molar-refractivity contribution in [3.63, 3.8) is 0 Å². The quantitative estimate of drug-likeness (QED) is 0.782. The van der Waals surface area contributed by atoms with Crippen LogP contribution in [0.15, 0.2) is 24.4 Å². The van der Waals surface area contributed by atoms with Crippen LogP contribution in [0.2, 0.25) is 0 Å². The highest BCUT2D eigenvalue weighted by Crippen LogP contribution is 2.12. The van der Waals surface area contributed by atoms with Gasteiger partial charge in [-0.25, -0.2) is 9.78 Å². The largest absolute Gasteiger partial charge is 0.475 e. The highest BCUT2D eigenvalue weighted by molar-refractivity contribution is 5.84. The van der Waals surface area contributed by atoms with Crippen molar-refractivity contribution in [3.8, 4) is 0 Å². The highest BCUT2D eigenvalue weighted by Gasteiger charge is 2.11. The minimum absolute atomic E-state index is 0.0735. The second-order valence-corrected chi connectivity index (χ2v) is 3.01. The lowest BCUT2D eigenvalue weighted by atomic mass is 10.3. The van der Waals surface area contributed by atoms with Gasteiger partial charge < -0.3 is 5.11 Å². The molecule has 0 saturated carbocycles. The predicted molar refractivity (Wildman–Crippen MR) is 51.5 cm³/mol. The normalized spacial score (nSPS) is 10.6. The fraction of sp³-hybridized carbons (Fsp3) is 0.200. The van der Waals surface area contributed by atoms with Crippen LogP contribution in [0.1, 0.15) is 23.2 Å². The topological polar surface area (TPSA) is 54.6 Å². The number of aryl methyl sites for hydroxylation is 1. The van der Waals surface area contributed by atoms with Gasteiger partial charge in [-0.15, -0.1) is 0 Å². The number of carboxylic acid groups (broad SMARTS) is 1. The molecule has 0 aliphatic carbocycles. The molecule has 0 saturated heterocycles.